The van der Waals surface area contributed by atoms with Crippen molar-refractivity contribution in [3.63, 3.8) is 0 Å². The number of hydrogen-bond donors (Lipinski definition) is 0. The third-order valence-corrected chi connectivity index (χ3v) is 5.20. The van der Waals surface area contributed by atoms with E-state index < -0.39 is 0 Å². The first-order valence-corrected chi connectivity index (χ1v) is 9.01. The average Bonchev–Trinajstić information content (AvgIpc) is 3.12. The third kappa shape index (κ3) is 3.10. The second-order valence-electron chi connectivity index (χ2n) is 7.00. The fourth-order valence-corrected chi connectivity index (χ4v) is 3.79. The van der Waals surface area contributed by atoms with E-state index >= 15 is 0 Å². The summed E-state index contributed by atoms with van der Waals surface area (Å²) in [5, 5.41) is 5.54. The predicted molar refractivity (Wildman–Crippen MR) is 102 cm³/mol. The average molecular weight is 349 g/mol. The molecule has 0 radical (unpaired) electrons. The van der Waals surface area contributed by atoms with E-state index in [0.29, 0.717) is 17.0 Å². The van der Waals surface area contributed by atoms with Crippen molar-refractivity contribution < 1.29 is 9.53 Å². The van der Waals surface area contributed by atoms with Crippen molar-refractivity contribution in [2.24, 2.45) is 0 Å². The first kappa shape index (κ1) is 16.8. The molecule has 2 aromatic carbocycles. The maximum Gasteiger partial charge on any atom is 0.340 e. The predicted octanol–water partition coefficient (Wildman–Crippen LogP) is 3.62. The molecule has 0 saturated carbocycles. The number of carbonyl (C=O) groups excluding carboxylic acids is 1. The number of piperidine rings is 1. The normalized spacial score (nSPS) is 18.2. The standard InChI is InChI=1S/C21H23N3O2/c1-23-12-4-6-16(13-23)15-8-10-18(11-9-15)24-14-17-5-3-7-19(20(17)22-24)21(25)26-2/h3,5,7-11,14,16H,4,6,12-13H2,1-2H3/t16-/m1/s1. The Bertz CT molecular complexity index is 930. The highest BCUT2D eigenvalue weighted by molar-refractivity contribution is 6.02. The minimum atomic E-state index is -0.363. The van der Waals surface area contributed by atoms with Crippen LogP contribution in [0.1, 0.15) is 34.7 Å². The molecule has 134 valence electrons. The Kier molecular flexibility index (Phi) is 4.47. The number of hydrogen-bond acceptors (Lipinski definition) is 4. The first-order chi connectivity index (χ1) is 12.7. The summed E-state index contributed by atoms with van der Waals surface area (Å²) in [6, 6.07) is 14.2. The number of carbonyl (C=O) groups is 1. The molecule has 1 saturated heterocycles. The van der Waals surface area contributed by atoms with Crippen molar-refractivity contribution in [3.8, 4) is 5.69 Å². The fourth-order valence-electron chi connectivity index (χ4n) is 3.79. The zero-order valence-electron chi connectivity index (χ0n) is 15.2. The van der Waals surface area contributed by atoms with E-state index in [4.69, 9.17) is 4.74 Å². The molecule has 1 aromatic heterocycles. The highest BCUT2D eigenvalue weighted by Gasteiger charge is 2.19. The summed E-state index contributed by atoms with van der Waals surface area (Å²) in [6.07, 6.45) is 4.45. The van der Waals surface area contributed by atoms with Crippen LogP contribution < -0.4 is 0 Å². The monoisotopic (exact) mass is 349 g/mol. The van der Waals surface area contributed by atoms with Gasteiger partial charge >= 0.3 is 5.97 Å². The van der Waals surface area contributed by atoms with Crippen molar-refractivity contribution in [3.05, 3.63) is 59.8 Å². The van der Waals surface area contributed by atoms with E-state index in [1.807, 2.05) is 23.0 Å². The SMILES string of the molecule is COC(=O)c1cccc2cn(-c3ccc([C@@H]4CCCN(C)C4)cc3)nc12. The van der Waals surface area contributed by atoms with Gasteiger partial charge in [0.1, 0.15) is 5.52 Å². The number of likely N-dealkylation sites (tertiary alicyclic amines) is 1. The van der Waals surface area contributed by atoms with Crippen LogP contribution in [0.3, 0.4) is 0 Å². The van der Waals surface area contributed by atoms with E-state index in [2.05, 4.69) is 41.3 Å². The van der Waals surface area contributed by atoms with Crippen molar-refractivity contribution >= 4 is 16.9 Å². The number of ether oxygens (including phenoxy) is 1. The number of methoxy groups -OCH3 is 1. The van der Waals surface area contributed by atoms with Crippen LogP contribution in [0.25, 0.3) is 16.6 Å². The van der Waals surface area contributed by atoms with Gasteiger partial charge in [-0.05, 0) is 56.1 Å². The maximum absolute atomic E-state index is 11.9. The summed E-state index contributed by atoms with van der Waals surface area (Å²) >= 11 is 0. The summed E-state index contributed by atoms with van der Waals surface area (Å²) in [4.78, 5) is 14.3. The van der Waals surface area contributed by atoms with Crippen molar-refractivity contribution in [2.45, 2.75) is 18.8 Å². The summed E-state index contributed by atoms with van der Waals surface area (Å²) in [5.41, 5.74) is 3.53. The first-order valence-electron chi connectivity index (χ1n) is 9.01. The Morgan fingerprint density at radius 1 is 1.19 bits per heavy atom. The van der Waals surface area contributed by atoms with Gasteiger partial charge in [0.2, 0.25) is 0 Å². The van der Waals surface area contributed by atoms with Gasteiger partial charge in [0.25, 0.3) is 0 Å². The molecule has 1 fully saturated rings. The topological polar surface area (TPSA) is 47.4 Å². The van der Waals surface area contributed by atoms with Crippen LogP contribution in [0.2, 0.25) is 0 Å². The number of nitrogens with zero attached hydrogens (tertiary/aromatic N) is 3. The molecule has 1 aliphatic rings. The van der Waals surface area contributed by atoms with Crippen LogP contribution in [0, 0.1) is 0 Å². The van der Waals surface area contributed by atoms with Crippen molar-refractivity contribution in [2.75, 3.05) is 27.2 Å². The number of likely N-dealkylation sites (N-methyl/N-ethyl adjacent to an activating group) is 1. The summed E-state index contributed by atoms with van der Waals surface area (Å²) < 4.78 is 6.69. The number of esters is 1. The molecule has 0 aliphatic carbocycles. The molecular weight excluding hydrogens is 326 g/mol. The van der Waals surface area contributed by atoms with Gasteiger partial charge in [-0.25, -0.2) is 9.48 Å². The largest absolute Gasteiger partial charge is 0.465 e. The molecule has 0 amide bonds. The Hall–Kier alpha value is -2.66. The molecule has 0 spiro atoms. The lowest BCUT2D eigenvalue weighted by molar-refractivity contribution is 0.0602. The minimum absolute atomic E-state index is 0.363. The van der Waals surface area contributed by atoms with E-state index in [9.17, 15) is 4.79 Å². The fraction of sp³-hybridized carbons (Fsp3) is 0.333. The number of benzene rings is 2. The molecule has 26 heavy (non-hydrogen) atoms. The van der Waals surface area contributed by atoms with Gasteiger partial charge in [-0.1, -0.05) is 24.3 Å². The molecule has 1 atom stereocenters. The highest BCUT2D eigenvalue weighted by Crippen LogP contribution is 2.27. The molecule has 4 rings (SSSR count). The second kappa shape index (κ2) is 6.92. The summed E-state index contributed by atoms with van der Waals surface area (Å²) in [7, 11) is 3.58. The lowest BCUT2D eigenvalue weighted by atomic mass is 9.91. The van der Waals surface area contributed by atoms with Gasteiger partial charge in [-0.2, -0.15) is 5.10 Å². The van der Waals surface area contributed by atoms with Crippen molar-refractivity contribution in [1.82, 2.24) is 14.7 Å². The van der Waals surface area contributed by atoms with Gasteiger partial charge in [-0.3, -0.25) is 0 Å². The molecule has 2 heterocycles. The number of aromatic nitrogens is 2. The van der Waals surface area contributed by atoms with E-state index in [1.165, 1.54) is 32.1 Å². The zero-order chi connectivity index (χ0) is 18.1. The van der Waals surface area contributed by atoms with Crippen LogP contribution in [0.4, 0.5) is 0 Å². The maximum atomic E-state index is 11.9. The lowest BCUT2D eigenvalue weighted by Crippen LogP contribution is -2.30. The van der Waals surface area contributed by atoms with E-state index in [0.717, 1.165) is 17.6 Å². The molecule has 0 bridgehead atoms. The Morgan fingerprint density at radius 2 is 2.00 bits per heavy atom. The molecule has 3 aromatic rings. The van der Waals surface area contributed by atoms with Gasteiger partial charge in [0, 0.05) is 18.1 Å². The minimum Gasteiger partial charge on any atom is -0.465 e. The third-order valence-electron chi connectivity index (χ3n) is 5.20. The van der Waals surface area contributed by atoms with E-state index in [-0.39, 0.29) is 5.97 Å². The summed E-state index contributed by atoms with van der Waals surface area (Å²) in [6.45, 7) is 2.31. The van der Waals surface area contributed by atoms with Crippen LogP contribution in [0.15, 0.2) is 48.7 Å². The smallest absolute Gasteiger partial charge is 0.340 e. The van der Waals surface area contributed by atoms with Gasteiger partial charge in [0.05, 0.1) is 18.4 Å². The molecule has 1 aliphatic heterocycles. The van der Waals surface area contributed by atoms with Crippen LogP contribution in [0.5, 0.6) is 0 Å². The Labute approximate surface area is 153 Å². The Morgan fingerprint density at radius 3 is 2.73 bits per heavy atom. The van der Waals surface area contributed by atoms with Crippen LogP contribution in [-0.4, -0.2) is 47.9 Å². The molecule has 0 unspecified atom stereocenters. The van der Waals surface area contributed by atoms with Gasteiger partial charge < -0.3 is 9.64 Å². The molecule has 5 heteroatoms. The lowest BCUT2D eigenvalue weighted by Gasteiger charge is -2.30. The quantitative estimate of drug-likeness (QED) is 0.678. The zero-order valence-corrected chi connectivity index (χ0v) is 15.2. The number of fused-ring (bicyclic) bond motifs is 1. The Balaban J connectivity index is 1.64. The molecule has 5 nitrogen and oxygen atoms in total. The van der Waals surface area contributed by atoms with E-state index in [1.54, 1.807) is 6.07 Å². The van der Waals surface area contributed by atoms with Gasteiger partial charge in [0.15, 0.2) is 0 Å². The van der Waals surface area contributed by atoms with Crippen molar-refractivity contribution in [1.29, 1.82) is 0 Å². The highest BCUT2D eigenvalue weighted by atomic mass is 16.5. The summed E-state index contributed by atoms with van der Waals surface area (Å²) in [5.74, 6) is 0.239. The van der Waals surface area contributed by atoms with Gasteiger partial charge in [-0.15, -0.1) is 0 Å². The van der Waals surface area contributed by atoms with Crippen LogP contribution in [-0.2, 0) is 4.74 Å². The molecule has 0 N–H and O–H groups in total. The number of rotatable bonds is 3. The van der Waals surface area contributed by atoms with Crippen LogP contribution >= 0.6 is 0 Å². The second-order valence-corrected chi connectivity index (χ2v) is 7.00. The molecular formula is C21H23N3O2.